The Morgan fingerprint density at radius 3 is 2.50 bits per heavy atom. The molecule has 140 valence electrons. The van der Waals surface area contributed by atoms with Gasteiger partial charge in [0.25, 0.3) is 5.91 Å². The van der Waals surface area contributed by atoms with Gasteiger partial charge < -0.3 is 10.6 Å². The molecule has 0 aliphatic carbocycles. The Bertz CT molecular complexity index is 751. The van der Waals surface area contributed by atoms with Gasteiger partial charge in [-0.15, -0.1) is 11.3 Å². The molecule has 0 bridgehead atoms. The molecule has 0 aliphatic rings. The summed E-state index contributed by atoms with van der Waals surface area (Å²) in [6.45, 7) is 8.18. The highest BCUT2D eigenvalue weighted by atomic mass is 32.1. The summed E-state index contributed by atoms with van der Waals surface area (Å²) in [5, 5.41) is 6.83. The van der Waals surface area contributed by atoms with E-state index in [4.69, 9.17) is 0 Å². The van der Waals surface area contributed by atoms with Gasteiger partial charge in [0.2, 0.25) is 5.91 Å². The molecule has 6 heteroatoms. The summed E-state index contributed by atoms with van der Waals surface area (Å²) in [5.41, 5.74) is 2.54. The van der Waals surface area contributed by atoms with Crippen LogP contribution in [0.5, 0.6) is 0 Å². The molecular formula is C20H27N3O2S. The average Bonchev–Trinajstić information content (AvgIpc) is 2.99. The molecule has 1 aromatic heterocycles. The van der Waals surface area contributed by atoms with E-state index in [1.165, 1.54) is 11.3 Å². The van der Waals surface area contributed by atoms with Crippen LogP contribution in [-0.4, -0.2) is 16.8 Å². The molecule has 0 spiro atoms. The zero-order valence-electron chi connectivity index (χ0n) is 15.9. The first kappa shape index (κ1) is 20.1. The van der Waals surface area contributed by atoms with Crippen LogP contribution >= 0.6 is 11.3 Å². The van der Waals surface area contributed by atoms with Gasteiger partial charge in [0.05, 0.1) is 10.7 Å². The topological polar surface area (TPSA) is 71.1 Å². The smallest absolute Gasteiger partial charge is 0.263 e. The minimum absolute atomic E-state index is 0.00870. The van der Waals surface area contributed by atoms with Crippen molar-refractivity contribution in [1.82, 2.24) is 10.3 Å². The fourth-order valence-corrected chi connectivity index (χ4v) is 3.38. The van der Waals surface area contributed by atoms with E-state index < -0.39 is 0 Å². The van der Waals surface area contributed by atoms with Gasteiger partial charge in [-0.1, -0.05) is 39.3 Å². The number of amides is 2. The van der Waals surface area contributed by atoms with Crippen LogP contribution < -0.4 is 10.6 Å². The zero-order chi connectivity index (χ0) is 19.1. The summed E-state index contributed by atoms with van der Waals surface area (Å²) < 4.78 is 0. The van der Waals surface area contributed by atoms with Crippen LogP contribution in [0.2, 0.25) is 0 Å². The fourth-order valence-electron chi connectivity index (χ4n) is 2.35. The zero-order valence-corrected chi connectivity index (χ0v) is 16.7. The lowest BCUT2D eigenvalue weighted by atomic mass is 10.1. The number of carbonyl (C=O) groups excluding carboxylic acids is 2. The fraction of sp³-hybridized carbons (Fsp3) is 0.450. The average molecular weight is 374 g/mol. The van der Waals surface area contributed by atoms with Crippen molar-refractivity contribution in [2.75, 3.05) is 5.32 Å². The van der Waals surface area contributed by atoms with Crippen LogP contribution in [0.3, 0.4) is 0 Å². The molecule has 26 heavy (non-hydrogen) atoms. The maximum Gasteiger partial charge on any atom is 0.263 e. The largest absolute Gasteiger partial charge is 0.347 e. The van der Waals surface area contributed by atoms with E-state index >= 15 is 0 Å². The minimum Gasteiger partial charge on any atom is -0.347 e. The third-order valence-electron chi connectivity index (χ3n) is 3.99. The third kappa shape index (κ3) is 5.66. The van der Waals surface area contributed by atoms with Crippen molar-refractivity contribution in [3.05, 3.63) is 45.4 Å². The number of aryl methyl sites for hydroxylation is 2. The van der Waals surface area contributed by atoms with Crippen LogP contribution in [0.15, 0.2) is 24.3 Å². The van der Waals surface area contributed by atoms with Crippen molar-refractivity contribution in [3.63, 3.8) is 0 Å². The van der Waals surface area contributed by atoms with Gasteiger partial charge in [-0.25, -0.2) is 4.98 Å². The van der Waals surface area contributed by atoms with Crippen LogP contribution in [-0.2, 0) is 17.8 Å². The Labute approximate surface area is 159 Å². The highest BCUT2D eigenvalue weighted by molar-refractivity contribution is 7.13. The van der Waals surface area contributed by atoms with E-state index in [9.17, 15) is 9.59 Å². The number of thiazole rings is 1. The summed E-state index contributed by atoms with van der Waals surface area (Å²) >= 11 is 1.48. The lowest BCUT2D eigenvalue weighted by Gasteiger charge is -2.09. The predicted octanol–water partition coefficient (Wildman–Crippen LogP) is 4.32. The number of rotatable bonds is 8. The first-order valence-corrected chi connectivity index (χ1v) is 9.86. The molecule has 5 nitrogen and oxygen atoms in total. The van der Waals surface area contributed by atoms with Gasteiger partial charge in [-0.2, -0.15) is 0 Å². The number of nitrogens with one attached hydrogen (secondary N) is 2. The van der Waals surface area contributed by atoms with Crippen LogP contribution in [0.4, 0.5) is 5.69 Å². The molecule has 2 N–H and O–H groups in total. The Kier molecular flexibility index (Phi) is 7.33. The molecular weight excluding hydrogens is 346 g/mol. The van der Waals surface area contributed by atoms with Crippen LogP contribution in [0, 0.1) is 12.8 Å². The molecule has 0 aliphatic heterocycles. The highest BCUT2D eigenvalue weighted by Crippen LogP contribution is 2.20. The standard InChI is InChI=1S/C20H27N3O2S/c1-5-6-7-17-22-14(4)18(26-17)20(25)21-12-15-8-10-16(11-9-15)23-19(24)13(2)3/h8-11,13H,5-7,12H2,1-4H3,(H,21,25)(H,23,24). The quantitative estimate of drug-likeness (QED) is 0.724. The highest BCUT2D eigenvalue weighted by Gasteiger charge is 2.15. The lowest BCUT2D eigenvalue weighted by Crippen LogP contribution is -2.22. The van der Waals surface area contributed by atoms with Crippen molar-refractivity contribution in [2.45, 2.75) is 53.5 Å². The summed E-state index contributed by atoms with van der Waals surface area (Å²) in [4.78, 5) is 29.3. The molecule has 2 aromatic rings. The molecule has 0 atom stereocenters. The molecule has 0 radical (unpaired) electrons. The SMILES string of the molecule is CCCCc1nc(C)c(C(=O)NCc2ccc(NC(=O)C(C)C)cc2)s1. The predicted molar refractivity (Wildman–Crippen MR) is 107 cm³/mol. The van der Waals surface area contributed by atoms with Crippen molar-refractivity contribution in [2.24, 2.45) is 5.92 Å². The molecule has 2 amide bonds. The van der Waals surface area contributed by atoms with Crippen molar-refractivity contribution >= 4 is 28.8 Å². The second-order valence-electron chi connectivity index (χ2n) is 6.65. The van der Waals surface area contributed by atoms with E-state index in [0.717, 1.165) is 41.2 Å². The number of anilines is 1. The van der Waals surface area contributed by atoms with E-state index in [-0.39, 0.29) is 17.7 Å². The van der Waals surface area contributed by atoms with Gasteiger partial charge in [-0.3, -0.25) is 9.59 Å². The molecule has 0 saturated carbocycles. The van der Waals surface area contributed by atoms with Crippen molar-refractivity contribution in [3.8, 4) is 0 Å². The monoisotopic (exact) mass is 373 g/mol. The van der Waals surface area contributed by atoms with E-state index in [1.807, 2.05) is 45.0 Å². The number of nitrogens with zero attached hydrogens (tertiary/aromatic N) is 1. The second kappa shape index (κ2) is 9.48. The minimum atomic E-state index is -0.0834. The summed E-state index contributed by atoms with van der Waals surface area (Å²) in [6, 6.07) is 7.51. The molecule has 1 heterocycles. The number of hydrogen-bond acceptors (Lipinski definition) is 4. The van der Waals surface area contributed by atoms with E-state index in [2.05, 4.69) is 22.5 Å². The molecule has 2 rings (SSSR count). The molecule has 0 saturated heterocycles. The number of aromatic nitrogens is 1. The summed E-state index contributed by atoms with van der Waals surface area (Å²) in [7, 11) is 0. The number of unbranched alkanes of at least 4 members (excludes halogenated alkanes) is 1. The number of benzene rings is 1. The van der Waals surface area contributed by atoms with Crippen LogP contribution in [0.25, 0.3) is 0 Å². The lowest BCUT2D eigenvalue weighted by molar-refractivity contribution is -0.118. The third-order valence-corrected chi connectivity index (χ3v) is 5.21. The molecule has 0 unspecified atom stereocenters. The Morgan fingerprint density at radius 2 is 1.88 bits per heavy atom. The Balaban J connectivity index is 1.91. The maximum absolute atomic E-state index is 12.4. The van der Waals surface area contributed by atoms with Crippen molar-refractivity contribution in [1.29, 1.82) is 0 Å². The Morgan fingerprint density at radius 1 is 1.19 bits per heavy atom. The summed E-state index contributed by atoms with van der Waals surface area (Å²) in [5.74, 6) is -0.149. The second-order valence-corrected chi connectivity index (χ2v) is 7.73. The molecule has 1 aromatic carbocycles. The van der Waals surface area contributed by atoms with E-state index in [0.29, 0.717) is 11.4 Å². The van der Waals surface area contributed by atoms with Gasteiger partial charge in [0.15, 0.2) is 0 Å². The van der Waals surface area contributed by atoms with Gasteiger partial charge in [-0.05, 0) is 37.5 Å². The maximum atomic E-state index is 12.4. The number of carbonyl (C=O) groups is 2. The van der Waals surface area contributed by atoms with Crippen LogP contribution in [0.1, 0.15) is 59.5 Å². The molecule has 0 fully saturated rings. The summed E-state index contributed by atoms with van der Waals surface area (Å²) in [6.07, 6.45) is 3.14. The Hall–Kier alpha value is -2.21. The van der Waals surface area contributed by atoms with Gasteiger partial charge in [0.1, 0.15) is 4.88 Å². The first-order chi connectivity index (χ1) is 12.4. The number of hydrogen-bond donors (Lipinski definition) is 2. The first-order valence-electron chi connectivity index (χ1n) is 9.05. The van der Waals surface area contributed by atoms with E-state index in [1.54, 1.807) is 0 Å². The van der Waals surface area contributed by atoms with Gasteiger partial charge in [0, 0.05) is 18.2 Å². The van der Waals surface area contributed by atoms with Gasteiger partial charge >= 0.3 is 0 Å². The normalized spacial score (nSPS) is 10.8. The van der Waals surface area contributed by atoms with Crippen molar-refractivity contribution < 1.29 is 9.59 Å².